The van der Waals surface area contributed by atoms with Gasteiger partial charge in [-0.1, -0.05) is 0 Å². The number of nitrogens with two attached hydrogens (primary N) is 1. The molecule has 2 aromatic rings. The van der Waals surface area contributed by atoms with E-state index in [4.69, 9.17) is 5.73 Å². The molecule has 2 rings (SSSR count). The number of nitrogen functional groups attached to an aromatic ring is 1. The lowest BCUT2D eigenvalue weighted by Crippen LogP contribution is -1.87. The van der Waals surface area contributed by atoms with Gasteiger partial charge in [0.15, 0.2) is 11.0 Å². The van der Waals surface area contributed by atoms with Crippen molar-refractivity contribution in [2.45, 2.75) is 6.92 Å². The molecule has 4 nitrogen and oxygen atoms in total. The minimum atomic E-state index is 0.484. The number of rotatable bonds is 1. The van der Waals surface area contributed by atoms with Crippen molar-refractivity contribution in [3.8, 4) is 11.4 Å². The van der Waals surface area contributed by atoms with Crippen LogP contribution < -0.4 is 5.73 Å². The lowest BCUT2D eigenvalue weighted by Gasteiger charge is -1.97. The zero-order valence-corrected chi connectivity index (χ0v) is 7.88. The Hall–Kier alpha value is -1.49. The van der Waals surface area contributed by atoms with Crippen LogP contribution in [0.3, 0.4) is 0 Å². The van der Waals surface area contributed by atoms with Crippen molar-refractivity contribution in [2.75, 3.05) is 5.73 Å². The molecule has 2 N–H and O–H groups in total. The topological polar surface area (TPSA) is 64.7 Å². The average Bonchev–Trinajstić information content (AvgIpc) is 2.53. The van der Waals surface area contributed by atoms with Gasteiger partial charge in [-0.25, -0.2) is 0 Å². The summed E-state index contributed by atoms with van der Waals surface area (Å²) in [6.07, 6.45) is 3.49. The summed E-state index contributed by atoms with van der Waals surface area (Å²) >= 11 is 1.20. The fourth-order valence-corrected chi connectivity index (χ4v) is 1.49. The molecule has 0 saturated heterocycles. The SMILES string of the molecule is Cc1ccncc1-c1nsc(N)n1. The lowest BCUT2D eigenvalue weighted by molar-refractivity contribution is 1.24. The summed E-state index contributed by atoms with van der Waals surface area (Å²) in [6.45, 7) is 1.99. The first-order valence-corrected chi connectivity index (χ1v) is 4.55. The highest BCUT2D eigenvalue weighted by molar-refractivity contribution is 7.09. The highest BCUT2D eigenvalue weighted by Gasteiger charge is 2.06. The van der Waals surface area contributed by atoms with Gasteiger partial charge in [-0.2, -0.15) is 9.36 Å². The van der Waals surface area contributed by atoms with Crippen molar-refractivity contribution in [1.82, 2.24) is 14.3 Å². The summed E-state index contributed by atoms with van der Waals surface area (Å²) in [5.74, 6) is 0.660. The molecule has 2 heterocycles. The molecule has 0 aromatic carbocycles. The lowest BCUT2D eigenvalue weighted by atomic mass is 10.1. The monoisotopic (exact) mass is 192 g/mol. The van der Waals surface area contributed by atoms with Crippen molar-refractivity contribution in [1.29, 1.82) is 0 Å². The zero-order valence-electron chi connectivity index (χ0n) is 7.06. The first-order chi connectivity index (χ1) is 6.27. The van der Waals surface area contributed by atoms with Gasteiger partial charge in [0.05, 0.1) is 0 Å². The maximum Gasteiger partial charge on any atom is 0.200 e. The molecule has 0 saturated carbocycles. The van der Waals surface area contributed by atoms with Crippen molar-refractivity contribution in [3.05, 3.63) is 24.0 Å². The van der Waals surface area contributed by atoms with Gasteiger partial charge >= 0.3 is 0 Å². The largest absolute Gasteiger partial charge is 0.374 e. The summed E-state index contributed by atoms with van der Waals surface area (Å²) in [5, 5.41) is 0.484. The first-order valence-electron chi connectivity index (χ1n) is 3.77. The standard InChI is InChI=1S/C8H8N4S/c1-5-2-3-10-4-6(5)7-11-8(9)13-12-7/h2-4H,1H3,(H2,9,11,12). The van der Waals surface area contributed by atoms with Crippen LogP contribution in [0.1, 0.15) is 5.56 Å². The molecular weight excluding hydrogens is 184 g/mol. The number of aromatic nitrogens is 3. The molecule has 0 bridgehead atoms. The minimum absolute atomic E-state index is 0.484. The Balaban J connectivity index is 2.52. The molecule has 13 heavy (non-hydrogen) atoms. The van der Waals surface area contributed by atoms with Gasteiger partial charge in [-0.3, -0.25) is 4.98 Å². The quantitative estimate of drug-likeness (QED) is 0.743. The second-order valence-corrected chi connectivity index (χ2v) is 3.43. The predicted octanol–water partition coefficient (Wildman–Crippen LogP) is 1.49. The highest BCUT2D eigenvalue weighted by Crippen LogP contribution is 2.21. The molecular formula is C8H8N4S. The Morgan fingerprint density at radius 1 is 1.46 bits per heavy atom. The van der Waals surface area contributed by atoms with E-state index in [1.54, 1.807) is 12.4 Å². The molecule has 0 radical (unpaired) electrons. The summed E-state index contributed by atoms with van der Waals surface area (Å²) in [6, 6.07) is 1.92. The number of aryl methyl sites for hydroxylation is 1. The summed E-state index contributed by atoms with van der Waals surface area (Å²) < 4.78 is 4.11. The number of anilines is 1. The van der Waals surface area contributed by atoms with E-state index >= 15 is 0 Å². The van der Waals surface area contributed by atoms with Gasteiger partial charge in [0.1, 0.15) is 0 Å². The Morgan fingerprint density at radius 2 is 2.31 bits per heavy atom. The van der Waals surface area contributed by atoms with Crippen LogP contribution in [0.2, 0.25) is 0 Å². The third-order valence-corrected chi connectivity index (χ3v) is 2.26. The minimum Gasteiger partial charge on any atom is -0.374 e. The molecule has 0 aliphatic carbocycles. The van der Waals surface area contributed by atoms with Crippen LogP contribution in [0.15, 0.2) is 18.5 Å². The Morgan fingerprint density at radius 3 is 2.92 bits per heavy atom. The fraction of sp³-hybridized carbons (Fsp3) is 0.125. The first kappa shape index (κ1) is 8.12. The summed E-state index contributed by atoms with van der Waals surface area (Å²) in [7, 11) is 0. The van der Waals surface area contributed by atoms with E-state index in [2.05, 4.69) is 14.3 Å². The smallest absolute Gasteiger partial charge is 0.200 e. The van der Waals surface area contributed by atoms with Crippen molar-refractivity contribution < 1.29 is 0 Å². The van der Waals surface area contributed by atoms with Gasteiger partial charge in [-0.05, 0) is 18.6 Å². The fourth-order valence-electron chi connectivity index (χ4n) is 1.04. The molecule has 0 atom stereocenters. The molecule has 0 spiro atoms. The van der Waals surface area contributed by atoms with E-state index in [-0.39, 0.29) is 0 Å². The van der Waals surface area contributed by atoms with Crippen LogP contribution in [-0.2, 0) is 0 Å². The summed E-state index contributed by atoms with van der Waals surface area (Å²) in [5.41, 5.74) is 7.54. The predicted molar refractivity (Wildman–Crippen MR) is 52.3 cm³/mol. The van der Waals surface area contributed by atoms with Gasteiger partial charge in [0, 0.05) is 29.5 Å². The van der Waals surface area contributed by atoms with Crippen LogP contribution >= 0.6 is 11.5 Å². The van der Waals surface area contributed by atoms with Crippen LogP contribution in [0.5, 0.6) is 0 Å². The third-order valence-electron chi connectivity index (χ3n) is 1.72. The number of nitrogens with zero attached hydrogens (tertiary/aromatic N) is 3. The number of pyridine rings is 1. The van der Waals surface area contributed by atoms with Gasteiger partial charge in [0.25, 0.3) is 0 Å². The van der Waals surface area contributed by atoms with Gasteiger partial charge in [0.2, 0.25) is 0 Å². The molecule has 66 valence electrons. The average molecular weight is 192 g/mol. The molecule has 0 unspecified atom stereocenters. The maximum atomic E-state index is 5.49. The third kappa shape index (κ3) is 1.50. The van der Waals surface area contributed by atoms with E-state index in [1.807, 2.05) is 13.0 Å². The number of hydrogen-bond acceptors (Lipinski definition) is 5. The van der Waals surface area contributed by atoms with E-state index in [9.17, 15) is 0 Å². The second kappa shape index (κ2) is 3.10. The summed E-state index contributed by atoms with van der Waals surface area (Å²) in [4.78, 5) is 8.10. The molecule has 0 amide bonds. The number of hydrogen-bond donors (Lipinski definition) is 1. The van der Waals surface area contributed by atoms with E-state index < -0.39 is 0 Å². The Kier molecular flexibility index (Phi) is 1.94. The molecule has 0 fully saturated rings. The van der Waals surface area contributed by atoms with Crippen LogP contribution in [0, 0.1) is 6.92 Å². The van der Waals surface area contributed by atoms with Crippen LogP contribution in [0.4, 0.5) is 5.13 Å². The Bertz CT molecular complexity index is 424. The molecule has 0 aliphatic heterocycles. The van der Waals surface area contributed by atoms with E-state index in [1.165, 1.54) is 11.5 Å². The van der Waals surface area contributed by atoms with Crippen molar-refractivity contribution in [2.24, 2.45) is 0 Å². The molecule has 5 heteroatoms. The normalized spacial score (nSPS) is 10.2. The zero-order chi connectivity index (χ0) is 9.26. The Labute approximate surface area is 79.6 Å². The maximum absolute atomic E-state index is 5.49. The highest BCUT2D eigenvalue weighted by atomic mass is 32.1. The van der Waals surface area contributed by atoms with Gasteiger partial charge < -0.3 is 5.73 Å². The molecule has 2 aromatic heterocycles. The molecule has 0 aliphatic rings. The second-order valence-electron chi connectivity index (χ2n) is 2.65. The van der Waals surface area contributed by atoms with Gasteiger partial charge in [-0.15, -0.1) is 0 Å². The van der Waals surface area contributed by atoms with Crippen molar-refractivity contribution in [3.63, 3.8) is 0 Å². The van der Waals surface area contributed by atoms with Crippen LogP contribution in [0.25, 0.3) is 11.4 Å². The van der Waals surface area contributed by atoms with Crippen molar-refractivity contribution >= 4 is 16.7 Å². The van der Waals surface area contributed by atoms with E-state index in [0.29, 0.717) is 11.0 Å². The van der Waals surface area contributed by atoms with E-state index in [0.717, 1.165) is 11.1 Å². The van der Waals surface area contributed by atoms with Crippen LogP contribution in [-0.4, -0.2) is 14.3 Å².